The number of nitriles is 1. The summed E-state index contributed by atoms with van der Waals surface area (Å²) in [5, 5.41) is 9.63. The van der Waals surface area contributed by atoms with Gasteiger partial charge in [-0.25, -0.2) is 8.78 Å². The van der Waals surface area contributed by atoms with Crippen molar-refractivity contribution in [2.24, 2.45) is 0 Å². The van der Waals surface area contributed by atoms with Gasteiger partial charge in [0.2, 0.25) is 5.88 Å². The number of benzene rings is 2. The van der Waals surface area contributed by atoms with E-state index in [0.29, 0.717) is 11.1 Å². The summed E-state index contributed by atoms with van der Waals surface area (Å²) in [6.07, 6.45) is 0. The van der Waals surface area contributed by atoms with Crippen molar-refractivity contribution in [1.82, 2.24) is 4.98 Å². The van der Waals surface area contributed by atoms with Crippen LogP contribution in [-0.2, 0) is 6.61 Å². The van der Waals surface area contributed by atoms with E-state index < -0.39 is 17.2 Å². The van der Waals surface area contributed by atoms with E-state index >= 15 is 0 Å². The molecule has 3 aromatic rings. The summed E-state index contributed by atoms with van der Waals surface area (Å²) in [7, 11) is 0. The van der Waals surface area contributed by atoms with Crippen molar-refractivity contribution in [2.75, 3.05) is 0 Å². The van der Waals surface area contributed by atoms with Gasteiger partial charge in [-0.3, -0.25) is 9.78 Å². The van der Waals surface area contributed by atoms with Crippen LogP contribution in [0.3, 0.4) is 0 Å². The fourth-order valence-electron chi connectivity index (χ4n) is 2.50. The van der Waals surface area contributed by atoms with Gasteiger partial charge in [0.25, 0.3) is 5.56 Å². The molecule has 0 saturated carbocycles. The number of nitrogens with zero attached hydrogens (tertiary/aromatic N) is 1. The van der Waals surface area contributed by atoms with E-state index in [1.165, 1.54) is 12.1 Å². The topological polar surface area (TPSA) is 65.9 Å². The zero-order chi connectivity index (χ0) is 17.3. The van der Waals surface area contributed by atoms with Gasteiger partial charge in [-0.1, -0.05) is 12.1 Å². The van der Waals surface area contributed by atoms with Crippen molar-refractivity contribution in [3.63, 3.8) is 0 Å². The van der Waals surface area contributed by atoms with Crippen molar-refractivity contribution in [2.45, 2.75) is 13.5 Å². The molecule has 0 unspecified atom stereocenters. The molecule has 0 aliphatic heterocycles. The highest BCUT2D eigenvalue weighted by Crippen LogP contribution is 2.26. The number of H-pyrrole nitrogens is 1. The average molecular weight is 326 g/mol. The first-order valence-electron chi connectivity index (χ1n) is 7.13. The van der Waals surface area contributed by atoms with Gasteiger partial charge in [-0.2, -0.15) is 5.26 Å². The van der Waals surface area contributed by atoms with Gasteiger partial charge in [0, 0.05) is 16.3 Å². The summed E-state index contributed by atoms with van der Waals surface area (Å²) < 4.78 is 33.0. The zero-order valence-electron chi connectivity index (χ0n) is 12.7. The Kier molecular flexibility index (Phi) is 4.00. The number of hydrogen-bond acceptors (Lipinski definition) is 3. The molecule has 3 rings (SSSR count). The number of ether oxygens (including phenoxy) is 1. The molecule has 120 valence electrons. The number of hydrogen-bond donors (Lipinski definition) is 1. The molecular formula is C18H12F2N2O2. The molecule has 1 N–H and O–H groups in total. The quantitative estimate of drug-likeness (QED) is 0.800. The number of halogens is 2. The number of aryl methyl sites for hydroxylation is 1. The van der Waals surface area contributed by atoms with Crippen LogP contribution in [0.1, 0.15) is 16.7 Å². The molecule has 6 heteroatoms. The summed E-state index contributed by atoms with van der Waals surface area (Å²) >= 11 is 0. The first-order valence-corrected chi connectivity index (χ1v) is 7.13. The van der Waals surface area contributed by atoms with E-state index in [-0.39, 0.29) is 28.8 Å². The lowest BCUT2D eigenvalue weighted by Gasteiger charge is -2.12. The van der Waals surface area contributed by atoms with Gasteiger partial charge in [-0.15, -0.1) is 0 Å². The molecule has 0 saturated heterocycles. The maximum absolute atomic E-state index is 13.9. The van der Waals surface area contributed by atoms with Crippen molar-refractivity contribution < 1.29 is 13.5 Å². The van der Waals surface area contributed by atoms with Crippen LogP contribution < -0.4 is 10.3 Å². The molecule has 2 aromatic carbocycles. The standard InChI is InChI=1S/C18H12F2N2O2/c1-10-3-2-4-16(20)15(10)9-24-18-13-7-11(19)5-6-12(13)14(8-21)17(23)22-18/h2-7H,9H2,1H3,(H,22,23). The predicted molar refractivity (Wildman–Crippen MR) is 84.7 cm³/mol. The third kappa shape index (κ3) is 2.72. The number of nitrogens with one attached hydrogen (secondary N) is 1. The number of rotatable bonds is 3. The van der Waals surface area contributed by atoms with Crippen LogP contribution in [0, 0.1) is 29.9 Å². The molecule has 24 heavy (non-hydrogen) atoms. The lowest BCUT2D eigenvalue weighted by molar-refractivity contribution is 0.290. The van der Waals surface area contributed by atoms with Crippen LogP contribution in [0.15, 0.2) is 41.2 Å². The lowest BCUT2D eigenvalue weighted by atomic mass is 10.1. The smallest absolute Gasteiger partial charge is 0.269 e. The first-order chi connectivity index (χ1) is 11.5. The van der Waals surface area contributed by atoms with Crippen LogP contribution in [0.2, 0.25) is 0 Å². The van der Waals surface area contributed by atoms with E-state index in [1.54, 1.807) is 25.1 Å². The maximum atomic E-state index is 13.9. The molecule has 4 nitrogen and oxygen atoms in total. The van der Waals surface area contributed by atoms with Gasteiger partial charge in [0.1, 0.15) is 29.9 Å². The van der Waals surface area contributed by atoms with Gasteiger partial charge < -0.3 is 4.74 Å². The highest BCUT2D eigenvalue weighted by atomic mass is 19.1. The largest absolute Gasteiger partial charge is 0.473 e. The summed E-state index contributed by atoms with van der Waals surface area (Å²) in [6, 6.07) is 10.1. The highest BCUT2D eigenvalue weighted by molar-refractivity contribution is 5.91. The molecular weight excluding hydrogens is 314 g/mol. The lowest BCUT2D eigenvalue weighted by Crippen LogP contribution is -2.13. The second kappa shape index (κ2) is 6.13. The van der Waals surface area contributed by atoms with E-state index in [0.717, 1.165) is 12.1 Å². The molecule has 0 atom stereocenters. The summed E-state index contributed by atoms with van der Waals surface area (Å²) in [5.41, 5.74) is 0.269. The average Bonchev–Trinajstić information content (AvgIpc) is 2.54. The van der Waals surface area contributed by atoms with Gasteiger partial charge in [0.05, 0.1) is 0 Å². The van der Waals surface area contributed by atoms with Crippen LogP contribution in [0.25, 0.3) is 10.8 Å². The molecule has 0 radical (unpaired) electrons. The Hall–Kier alpha value is -3.20. The molecule has 0 amide bonds. The molecule has 1 heterocycles. The Bertz CT molecular complexity index is 1020. The first kappa shape index (κ1) is 15.7. The third-order valence-electron chi connectivity index (χ3n) is 3.78. The maximum Gasteiger partial charge on any atom is 0.269 e. The normalized spacial score (nSPS) is 10.6. The summed E-state index contributed by atoms with van der Waals surface area (Å²) in [4.78, 5) is 14.4. The fraction of sp³-hybridized carbons (Fsp3) is 0.111. The molecule has 0 bridgehead atoms. The molecule has 0 aliphatic rings. The number of pyridine rings is 1. The Balaban J connectivity index is 2.09. The zero-order valence-corrected chi connectivity index (χ0v) is 12.7. The van der Waals surface area contributed by atoms with E-state index in [4.69, 9.17) is 10.00 Å². The van der Waals surface area contributed by atoms with E-state index in [2.05, 4.69) is 4.98 Å². The SMILES string of the molecule is Cc1cccc(F)c1COc1[nH]c(=O)c(C#N)c2ccc(F)cc12. The summed E-state index contributed by atoms with van der Waals surface area (Å²) in [6.45, 7) is 1.60. The summed E-state index contributed by atoms with van der Waals surface area (Å²) in [5.74, 6) is -0.969. The van der Waals surface area contributed by atoms with Crippen LogP contribution in [-0.4, -0.2) is 4.98 Å². The Morgan fingerprint density at radius 2 is 2.00 bits per heavy atom. The Morgan fingerprint density at radius 1 is 1.21 bits per heavy atom. The van der Waals surface area contributed by atoms with Gasteiger partial charge in [0.15, 0.2) is 0 Å². The number of aromatic nitrogens is 1. The van der Waals surface area contributed by atoms with Crippen molar-refractivity contribution in [3.8, 4) is 11.9 Å². The number of fused-ring (bicyclic) bond motifs is 1. The van der Waals surface area contributed by atoms with Crippen molar-refractivity contribution in [3.05, 3.63) is 75.1 Å². The molecule has 1 aromatic heterocycles. The molecule has 0 spiro atoms. The minimum Gasteiger partial charge on any atom is -0.473 e. The third-order valence-corrected chi connectivity index (χ3v) is 3.78. The van der Waals surface area contributed by atoms with Gasteiger partial charge >= 0.3 is 0 Å². The second-order valence-electron chi connectivity index (χ2n) is 5.28. The van der Waals surface area contributed by atoms with Crippen molar-refractivity contribution >= 4 is 10.8 Å². The van der Waals surface area contributed by atoms with E-state index in [9.17, 15) is 13.6 Å². The van der Waals surface area contributed by atoms with Gasteiger partial charge in [-0.05, 0) is 36.8 Å². The fourth-order valence-corrected chi connectivity index (χ4v) is 2.50. The Labute approximate surface area is 135 Å². The van der Waals surface area contributed by atoms with Crippen LogP contribution >= 0.6 is 0 Å². The highest BCUT2D eigenvalue weighted by Gasteiger charge is 2.14. The van der Waals surface area contributed by atoms with Crippen molar-refractivity contribution in [1.29, 1.82) is 5.26 Å². The van der Waals surface area contributed by atoms with Crippen LogP contribution in [0.5, 0.6) is 5.88 Å². The van der Waals surface area contributed by atoms with Crippen LogP contribution in [0.4, 0.5) is 8.78 Å². The molecule has 0 aliphatic carbocycles. The van der Waals surface area contributed by atoms with E-state index in [1.807, 2.05) is 0 Å². The predicted octanol–water partition coefficient (Wildman–Crippen LogP) is 3.57. The Morgan fingerprint density at radius 3 is 2.71 bits per heavy atom. The molecule has 0 fully saturated rings. The monoisotopic (exact) mass is 326 g/mol. The second-order valence-corrected chi connectivity index (χ2v) is 5.28. The minimum atomic E-state index is -0.642. The minimum absolute atomic E-state index is 0.00356. The number of aromatic amines is 1.